The minimum absolute atomic E-state index is 0.0536. The summed E-state index contributed by atoms with van der Waals surface area (Å²) in [5.74, 6) is -1.34. The molecule has 0 bridgehead atoms. The van der Waals surface area contributed by atoms with Gasteiger partial charge >= 0.3 is 11.9 Å². The Balaban J connectivity index is 2.66. The minimum atomic E-state index is -0.901. The van der Waals surface area contributed by atoms with Gasteiger partial charge in [0.2, 0.25) is 0 Å². The molecule has 0 atom stereocenters. The van der Waals surface area contributed by atoms with Gasteiger partial charge in [-0.25, -0.2) is 4.79 Å². The van der Waals surface area contributed by atoms with E-state index in [9.17, 15) is 9.59 Å². The summed E-state index contributed by atoms with van der Waals surface area (Å²) in [5, 5.41) is 8.56. The highest BCUT2D eigenvalue weighted by Crippen LogP contribution is 2.06. The molecule has 1 rings (SSSR count). The fraction of sp³-hybridized carbons (Fsp3) is 0.167. The van der Waals surface area contributed by atoms with E-state index in [4.69, 9.17) is 9.84 Å². The van der Waals surface area contributed by atoms with Crippen LogP contribution in [0.5, 0.6) is 0 Å². The largest absolute Gasteiger partial charge is 0.481 e. The molecule has 0 spiro atoms. The topological polar surface area (TPSA) is 63.6 Å². The first-order chi connectivity index (χ1) is 7.63. The van der Waals surface area contributed by atoms with Gasteiger partial charge in [0.1, 0.15) is 6.61 Å². The molecule has 1 aromatic carbocycles. The number of aliphatic carboxylic acids is 1. The maximum Gasteiger partial charge on any atom is 0.338 e. The van der Waals surface area contributed by atoms with E-state index in [2.05, 4.69) is 6.58 Å². The SMILES string of the molecule is C=CCOC(=O)c1ccc(CC(=O)O)cc1. The van der Waals surface area contributed by atoms with E-state index in [-0.39, 0.29) is 13.0 Å². The molecule has 0 radical (unpaired) electrons. The Morgan fingerprint density at radius 2 is 1.94 bits per heavy atom. The summed E-state index contributed by atoms with van der Waals surface area (Å²) >= 11 is 0. The van der Waals surface area contributed by atoms with Gasteiger partial charge in [-0.05, 0) is 17.7 Å². The van der Waals surface area contributed by atoms with E-state index in [0.717, 1.165) is 0 Å². The molecule has 1 N–H and O–H groups in total. The molecule has 0 unspecified atom stereocenters. The Morgan fingerprint density at radius 3 is 2.44 bits per heavy atom. The smallest absolute Gasteiger partial charge is 0.338 e. The Hall–Kier alpha value is -2.10. The number of carbonyl (C=O) groups excluding carboxylic acids is 1. The van der Waals surface area contributed by atoms with Crippen LogP contribution in [0, 0.1) is 0 Å². The van der Waals surface area contributed by atoms with Gasteiger partial charge in [-0.1, -0.05) is 24.8 Å². The molecule has 0 saturated heterocycles. The molecule has 0 aliphatic heterocycles. The zero-order chi connectivity index (χ0) is 12.0. The molecule has 0 aromatic heterocycles. The van der Waals surface area contributed by atoms with E-state index in [0.29, 0.717) is 11.1 Å². The van der Waals surface area contributed by atoms with Gasteiger partial charge in [0.05, 0.1) is 12.0 Å². The van der Waals surface area contributed by atoms with Gasteiger partial charge in [-0.15, -0.1) is 0 Å². The number of carbonyl (C=O) groups is 2. The van der Waals surface area contributed by atoms with Gasteiger partial charge in [0, 0.05) is 0 Å². The summed E-state index contributed by atoms with van der Waals surface area (Å²) in [7, 11) is 0. The second kappa shape index (κ2) is 5.70. The highest BCUT2D eigenvalue weighted by atomic mass is 16.5. The summed E-state index contributed by atoms with van der Waals surface area (Å²) < 4.78 is 4.82. The first-order valence-corrected chi connectivity index (χ1v) is 4.72. The minimum Gasteiger partial charge on any atom is -0.481 e. The molecule has 1 aromatic rings. The summed E-state index contributed by atoms with van der Waals surface area (Å²) in [6.07, 6.45) is 1.43. The van der Waals surface area contributed by atoms with Crippen LogP contribution < -0.4 is 0 Å². The number of rotatable bonds is 5. The van der Waals surface area contributed by atoms with Crippen molar-refractivity contribution in [1.29, 1.82) is 0 Å². The Kier molecular flexibility index (Phi) is 4.27. The van der Waals surface area contributed by atoms with Crippen molar-refractivity contribution in [3.8, 4) is 0 Å². The van der Waals surface area contributed by atoms with Crippen LogP contribution in [-0.4, -0.2) is 23.7 Å². The number of hydrogen-bond acceptors (Lipinski definition) is 3. The molecule has 4 heteroatoms. The Morgan fingerprint density at radius 1 is 1.31 bits per heavy atom. The maximum absolute atomic E-state index is 11.4. The van der Waals surface area contributed by atoms with E-state index in [1.54, 1.807) is 24.3 Å². The van der Waals surface area contributed by atoms with Crippen molar-refractivity contribution in [2.45, 2.75) is 6.42 Å². The molecular weight excluding hydrogens is 208 g/mol. The second-order valence-corrected chi connectivity index (χ2v) is 3.15. The zero-order valence-electron chi connectivity index (χ0n) is 8.68. The van der Waals surface area contributed by atoms with E-state index in [1.807, 2.05) is 0 Å². The van der Waals surface area contributed by atoms with Crippen molar-refractivity contribution in [3.05, 3.63) is 48.0 Å². The van der Waals surface area contributed by atoms with Crippen LogP contribution in [0.3, 0.4) is 0 Å². The molecule has 0 heterocycles. The lowest BCUT2D eigenvalue weighted by atomic mass is 10.1. The third-order valence-electron chi connectivity index (χ3n) is 1.88. The third kappa shape index (κ3) is 3.57. The number of hydrogen-bond donors (Lipinski definition) is 1. The predicted octanol–water partition coefficient (Wildman–Crippen LogP) is 1.66. The van der Waals surface area contributed by atoms with Crippen LogP contribution in [0.4, 0.5) is 0 Å². The van der Waals surface area contributed by atoms with Crippen LogP contribution in [-0.2, 0) is 16.0 Å². The molecule has 0 aliphatic carbocycles. The summed E-state index contributed by atoms with van der Waals surface area (Å²) in [5.41, 5.74) is 1.05. The normalized spacial score (nSPS) is 9.50. The lowest BCUT2D eigenvalue weighted by Gasteiger charge is -2.02. The van der Waals surface area contributed by atoms with Gasteiger partial charge in [0.25, 0.3) is 0 Å². The quantitative estimate of drug-likeness (QED) is 0.605. The van der Waals surface area contributed by atoms with Gasteiger partial charge < -0.3 is 9.84 Å². The lowest BCUT2D eigenvalue weighted by Crippen LogP contribution is -2.05. The van der Waals surface area contributed by atoms with Crippen molar-refractivity contribution in [3.63, 3.8) is 0 Å². The zero-order valence-corrected chi connectivity index (χ0v) is 8.68. The first kappa shape index (κ1) is 12.0. The van der Waals surface area contributed by atoms with Crippen LogP contribution in [0.15, 0.2) is 36.9 Å². The number of benzene rings is 1. The fourth-order valence-corrected chi connectivity index (χ4v) is 1.15. The van der Waals surface area contributed by atoms with Crippen molar-refractivity contribution < 1.29 is 19.4 Å². The first-order valence-electron chi connectivity index (χ1n) is 4.72. The Labute approximate surface area is 93.2 Å². The highest BCUT2D eigenvalue weighted by molar-refractivity contribution is 5.89. The average molecular weight is 220 g/mol. The number of ether oxygens (including phenoxy) is 1. The molecule has 0 saturated carbocycles. The van der Waals surface area contributed by atoms with Crippen molar-refractivity contribution in [2.75, 3.05) is 6.61 Å². The predicted molar refractivity (Wildman–Crippen MR) is 58.3 cm³/mol. The van der Waals surface area contributed by atoms with Crippen molar-refractivity contribution in [1.82, 2.24) is 0 Å². The number of carboxylic acids is 1. The Bertz CT molecular complexity index is 392. The molecule has 84 valence electrons. The highest BCUT2D eigenvalue weighted by Gasteiger charge is 2.06. The maximum atomic E-state index is 11.4. The van der Waals surface area contributed by atoms with Crippen LogP contribution in [0.25, 0.3) is 0 Å². The van der Waals surface area contributed by atoms with E-state index in [1.165, 1.54) is 6.08 Å². The molecule has 16 heavy (non-hydrogen) atoms. The van der Waals surface area contributed by atoms with Crippen LogP contribution in [0.2, 0.25) is 0 Å². The number of esters is 1. The number of carboxylic acid groups (broad SMARTS) is 1. The summed E-state index contributed by atoms with van der Waals surface area (Å²) in [6.45, 7) is 3.59. The van der Waals surface area contributed by atoms with Crippen LogP contribution in [0.1, 0.15) is 15.9 Å². The van der Waals surface area contributed by atoms with Crippen molar-refractivity contribution in [2.24, 2.45) is 0 Å². The van der Waals surface area contributed by atoms with E-state index >= 15 is 0 Å². The molecule has 0 aliphatic rings. The van der Waals surface area contributed by atoms with E-state index < -0.39 is 11.9 Å². The standard InChI is InChI=1S/C12H12O4/c1-2-7-16-12(15)10-5-3-9(4-6-10)8-11(13)14/h2-6H,1,7-8H2,(H,13,14). The molecule has 0 amide bonds. The van der Waals surface area contributed by atoms with Crippen LogP contribution >= 0.6 is 0 Å². The lowest BCUT2D eigenvalue weighted by molar-refractivity contribution is -0.136. The molecule has 0 fully saturated rings. The van der Waals surface area contributed by atoms with Gasteiger partial charge in [-0.3, -0.25) is 4.79 Å². The molecule has 4 nitrogen and oxygen atoms in total. The van der Waals surface area contributed by atoms with Gasteiger partial charge in [-0.2, -0.15) is 0 Å². The molecular formula is C12H12O4. The van der Waals surface area contributed by atoms with Gasteiger partial charge in [0.15, 0.2) is 0 Å². The average Bonchev–Trinajstić information content (AvgIpc) is 2.26. The summed E-state index contributed by atoms with van der Waals surface area (Å²) in [4.78, 5) is 21.8. The summed E-state index contributed by atoms with van der Waals surface area (Å²) in [6, 6.07) is 6.28. The third-order valence-corrected chi connectivity index (χ3v) is 1.88. The van der Waals surface area contributed by atoms with Crippen molar-refractivity contribution >= 4 is 11.9 Å². The second-order valence-electron chi connectivity index (χ2n) is 3.15. The fourth-order valence-electron chi connectivity index (χ4n) is 1.15. The monoisotopic (exact) mass is 220 g/mol.